The van der Waals surface area contributed by atoms with E-state index in [2.05, 4.69) is 9.59 Å². The van der Waals surface area contributed by atoms with Crippen LogP contribution in [0, 0.1) is 6.92 Å². The molecule has 9 heteroatoms. The van der Waals surface area contributed by atoms with Crippen LogP contribution >= 0.6 is 22.9 Å². The Hall–Kier alpha value is -2.10. The fourth-order valence-electron chi connectivity index (χ4n) is 2.43. The lowest BCUT2D eigenvalue weighted by molar-refractivity contribution is 0.0988. The molecule has 138 valence electrons. The summed E-state index contributed by atoms with van der Waals surface area (Å²) in [6, 6.07) is 5.84. The standard InChI is InChI=1S/C17H21N5O2S2/c1-5-24-12-7-6-8-13-14(12)18-17(25-13)22(10-9-21(3)4)16(23)15-11(2)19-20-26-15/h6-8H,5,9-10H2,1-4H3. The van der Waals surface area contributed by atoms with Crippen LogP contribution in [-0.4, -0.2) is 59.2 Å². The van der Waals surface area contributed by atoms with Gasteiger partial charge in [-0.3, -0.25) is 9.69 Å². The lowest BCUT2D eigenvalue weighted by atomic mass is 10.3. The number of aryl methyl sites for hydroxylation is 1. The van der Waals surface area contributed by atoms with Crippen LogP contribution in [0.1, 0.15) is 22.3 Å². The lowest BCUT2D eigenvalue weighted by Gasteiger charge is -2.21. The van der Waals surface area contributed by atoms with Crippen molar-refractivity contribution < 1.29 is 9.53 Å². The van der Waals surface area contributed by atoms with Crippen molar-refractivity contribution in [3.63, 3.8) is 0 Å². The molecule has 0 saturated heterocycles. The highest BCUT2D eigenvalue weighted by molar-refractivity contribution is 7.22. The van der Waals surface area contributed by atoms with Gasteiger partial charge in [-0.25, -0.2) is 4.98 Å². The molecule has 0 fully saturated rings. The Morgan fingerprint density at radius 3 is 2.73 bits per heavy atom. The van der Waals surface area contributed by atoms with Gasteiger partial charge in [0.15, 0.2) is 5.13 Å². The zero-order chi connectivity index (χ0) is 18.7. The number of carbonyl (C=O) groups excluding carboxylic acids is 1. The minimum Gasteiger partial charge on any atom is -0.492 e. The van der Waals surface area contributed by atoms with Gasteiger partial charge in [-0.05, 0) is 51.6 Å². The van der Waals surface area contributed by atoms with Gasteiger partial charge in [0.05, 0.1) is 17.0 Å². The first-order chi connectivity index (χ1) is 12.5. The van der Waals surface area contributed by atoms with E-state index >= 15 is 0 Å². The number of nitrogens with zero attached hydrogens (tertiary/aromatic N) is 5. The van der Waals surface area contributed by atoms with Crippen LogP contribution in [-0.2, 0) is 0 Å². The minimum atomic E-state index is -0.114. The molecule has 0 aliphatic rings. The Labute approximate surface area is 160 Å². The summed E-state index contributed by atoms with van der Waals surface area (Å²) in [6.45, 7) is 5.57. The van der Waals surface area contributed by atoms with Crippen molar-refractivity contribution in [2.24, 2.45) is 0 Å². The minimum absolute atomic E-state index is 0.114. The van der Waals surface area contributed by atoms with Gasteiger partial charge < -0.3 is 9.64 Å². The summed E-state index contributed by atoms with van der Waals surface area (Å²) in [5, 5.41) is 4.62. The molecule has 3 aromatic rings. The number of amides is 1. The maximum absolute atomic E-state index is 13.1. The second-order valence-electron chi connectivity index (χ2n) is 5.98. The van der Waals surface area contributed by atoms with Crippen molar-refractivity contribution in [1.82, 2.24) is 19.5 Å². The molecule has 2 heterocycles. The van der Waals surface area contributed by atoms with Crippen molar-refractivity contribution in [1.29, 1.82) is 0 Å². The third kappa shape index (κ3) is 3.84. The summed E-state index contributed by atoms with van der Waals surface area (Å²) in [5.74, 6) is 0.625. The van der Waals surface area contributed by atoms with E-state index in [1.54, 1.807) is 11.8 Å². The van der Waals surface area contributed by atoms with Crippen molar-refractivity contribution in [2.45, 2.75) is 13.8 Å². The number of ether oxygens (including phenoxy) is 1. The van der Waals surface area contributed by atoms with Crippen LogP contribution < -0.4 is 9.64 Å². The smallest absolute Gasteiger partial charge is 0.273 e. The van der Waals surface area contributed by atoms with Crippen molar-refractivity contribution in [3.8, 4) is 5.75 Å². The molecule has 0 radical (unpaired) electrons. The second kappa shape index (κ2) is 8.07. The molecule has 0 aliphatic carbocycles. The Balaban J connectivity index is 2.01. The van der Waals surface area contributed by atoms with Crippen LogP contribution in [0.4, 0.5) is 5.13 Å². The molecule has 0 saturated carbocycles. The predicted octanol–water partition coefficient (Wildman–Crippen LogP) is 3.06. The first-order valence-electron chi connectivity index (χ1n) is 8.29. The van der Waals surface area contributed by atoms with Gasteiger partial charge in [0.1, 0.15) is 16.1 Å². The summed E-state index contributed by atoms with van der Waals surface area (Å²) >= 11 is 2.61. The van der Waals surface area contributed by atoms with Gasteiger partial charge in [0, 0.05) is 13.1 Å². The normalized spacial score (nSPS) is 11.3. The lowest BCUT2D eigenvalue weighted by Crippen LogP contribution is -2.36. The number of aromatic nitrogens is 3. The van der Waals surface area contributed by atoms with Crippen LogP contribution in [0.3, 0.4) is 0 Å². The van der Waals surface area contributed by atoms with Gasteiger partial charge in [0.25, 0.3) is 5.91 Å². The number of fused-ring (bicyclic) bond motifs is 1. The Bertz CT molecular complexity index is 906. The summed E-state index contributed by atoms with van der Waals surface area (Å²) in [5.41, 5.74) is 1.43. The second-order valence-corrected chi connectivity index (χ2v) is 7.74. The summed E-state index contributed by atoms with van der Waals surface area (Å²) in [7, 11) is 3.96. The monoisotopic (exact) mass is 391 g/mol. The van der Waals surface area contributed by atoms with E-state index in [0.29, 0.717) is 28.9 Å². The van der Waals surface area contributed by atoms with Crippen LogP contribution in [0.2, 0.25) is 0 Å². The summed E-state index contributed by atoms with van der Waals surface area (Å²) in [4.78, 5) is 22.1. The molecule has 1 amide bonds. The molecule has 1 aromatic carbocycles. The molecular formula is C17H21N5O2S2. The van der Waals surface area contributed by atoms with Crippen LogP contribution in [0.15, 0.2) is 18.2 Å². The zero-order valence-electron chi connectivity index (χ0n) is 15.2. The van der Waals surface area contributed by atoms with Crippen molar-refractivity contribution >= 4 is 44.1 Å². The van der Waals surface area contributed by atoms with Gasteiger partial charge in [-0.2, -0.15) is 0 Å². The molecule has 0 aliphatic heterocycles. The molecule has 26 heavy (non-hydrogen) atoms. The molecule has 2 aromatic heterocycles. The Morgan fingerprint density at radius 2 is 2.08 bits per heavy atom. The molecule has 0 spiro atoms. The van der Waals surface area contributed by atoms with E-state index < -0.39 is 0 Å². The maximum atomic E-state index is 13.1. The van der Waals surface area contributed by atoms with E-state index in [0.717, 1.165) is 34.0 Å². The molecule has 3 rings (SSSR count). The van der Waals surface area contributed by atoms with Gasteiger partial charge in [-0.15, -0.1) is 5.10 Å². The average Bonchev–Trinajstić information content (AvgIpc) is 3.21. The molecule has 0 unspecified atom stereocenters. The van der Waals surface area contributed by atoms with E-state index in [-0.39, 0.29) is 5.91 Å². The SMILES string of the molecule is CCOc1cccc2sc(N(CCN(C)C)C(=O)c3snnc3C)nc12. The third-order valence-corrected chi connectivity index (χ3v) is 5.62. The number of likely N-dealkylation sites (N-methyl/N-ethyl adjacent to an activating group) is 1. The van der Waals surface area contributed by atoms with E-state index in [9.17, 15) is 4.79 Å². The highest BCUT2D eigenvalue weighted by atomic mass is 32.1. The number of rotatable bonds is 7. The van der Waals surface area contributed by atoms with Crippen LogP contribution in [0.25, 0.3) is 10.2 Å². The van der Waals surface area contributed by atoms with Crippen LogP contribution in [0.5, 0.6) is 5.75 Å². The zero-order valence-corrected chi connectivity index (χ0v) is 16.9. The largest absolute Gasteiger partial charge is 0.492 e. The number of hydrogen-bond donors (Lipinski definition) is 0. The number of hydrogen-bond acceptors (Lipinski definition) is 8. The molecule has 0 bridgehead atoms. The van der Waals surface area contributed by atoms with Gasteiger partial charge in [0.2, 0.25) is 0 Å². The highest BCUT2D eigenvalue weighted by Gasteiger charge is 2.25. The maximum Gasteiger partial charge on any atom is 0.273 e. The van der Waals surface area contributed by atoms with Gasteiger partial charge in [-0.1, -0.05) is 21.9 Å². The molecule has 0 N–H and O–H groups in total. The number of benzene rings is 1. The predicted molar refractivity (Wildman–Crippen MR) is 106 cm³/mol. The summed E-state index contributed by atoms with van der Waals surface area (Å²) in [6.07, 6.45) is 0. The number of carbonyl (C=O) groups is 1. The van der Waals surface area contributed by atoms with E-state index in [4.69, 9.17) is 9.72 Å². The first kappa shape index (κ1) is 18.7. The molecule has 7 nitrogen and oxygen atoms in total. The fraction of sp³-hybridized carbons (Fsp3) is 0.412. The fourth-order valence-corrected chi connectivity index (χ4v) is 4.05. The van der Waals surface area contributed by atoms with Crippen molar-refractivity contribution in [3.05, 3.63) is 28.8 Å². The Morgan fingerprint density at radius 1 is 1.27 bits per heavy atom. The molecule has 0 atom stereocenters. The highest BCUT2D eigenvalue weighted by Crippen LogP contribution is 2.35. The number of para-hydroxylation sites is 1. The van der Waals surface area contributed by atoms with Gasteiger partial charge >= 0.3 is 0 Å². The Kier molecular flexibility index (Phi) is 5.80. The topological polar surface area (TPSA) is 71.5 Å². The quantitative estimate of drug-likeness (QED) is 0.616. The summed E-state index contributed by atoms with van der Waals surface area (Å²) < 4.78 is 10.6. The number of anilines is 1. The van der Waals surface area contributed by atoms with Crippen molar-refractivity contribution in [2.75, 3.05) is 38.7 Å². The first-order valence-corrected chi connectivity index (χ1v) is 9.88. The molecular weight excluding hydrogens is 370 g/mol. The third-order valence-electron chi connectivity index (χ3n) is 3.76. The number of thiazole rings is 1. The average molecular weight is 392 g/mol. The van der Waals surface area contributed by atoms with E-state index in [1.165, 1.54) is 11.3 Å². The van der Waals surface area contributed by atoms with E-state index in [1.807, 2.05) is 44.1 Å².